The normalized spacial score (nSPS) is 9.67. The highest BCUT2D eigenvalue weighted by Gasteiger charge is 2.07. The number of carboxylic acids is 1. The fourth-order valence-corrected chi connectivity index (χ4v) is 1.44. The number of carboxylic acid groups (broad SMARTS) is 1. The highest BCUT2D eigenvalue weighted by atomic mass is 35.5. The average Bonchev–Trinajstić information content (AvgIpc) is 2.16. The summed E-state index contributed by atoms with van der Waals surface area (Å²) in [5.74, 6) is -0.916. The molecule has 0 fully saturated rings. The maximum Gasteiger partial charge on any atom is 0.336 e. The lowest BCUT2D eigenvalue weighted by atomic mass is 10.1. The number of benzene rings is 1. The minimum Gasteiger partial charge on any atom is -0.478 e. The average molecular weight is 224 g/mol. The molecule has 0 saturated carbocycles. The first-order valence-electron chi connectivity index (χ1n) is 4.28. The van der Waals surface area contributed by atoms with E-state index in [1.54, 1.807) is 18.2 Å². The first-order valence-corrected chi connectivity index (χ1v) is 4.28. The molecule has 15 heavy (non-hydrogen) atoms. The summed E-state index contributed by atoms with van der Waals surface area (Å²) in [7, 11) is 0. The van der Waals surface area contributed by atoms with Gasteiger partial charge in [0, 0.05) is 11.1 Å². The Balaban J connectivity index is 0.00000112. The number of aryl methyl sites for hydroxylation is 1. The van der Waals surface area contributed by atoms with Crippen LogP contribution in [0.15, 0.2) is 30.3 Å². The van der Waals surface area contributed by atoms with Crippen molar-refractivity contribution < 1.29 is 9.90 Å². The van der Waals surface area contributed by atoms with Crippen molar-refractivity contribution in [2.45, 2.75) is 6.92 Å². The molecule has 2 aromatic rings. The van der Waals surface area contributed by atoms with Gasteiger partial charge in [0.2, 0.25) is 0 Å². The molecule has 3 nitrogen and oxygen atoms in total. The number of rotatable bonds is 1. The summed E-state index contributed by atoms with van der Waals surface area (Å²) in [5.41, 5.74) is 1.92. The smallest absolute Gasteiger partial charge is 0.336 e. The highest BCUT2D eigenvalue weighted by Crippen LogP contribution is 2.17. The van der Waals surface area contributed by atoms with Crippen molar-refractivity contribution in [1.29, 1.82) is 0 Å². The third-order valence-electron chi connectivity index (χ3n) is 2.10. The number of aromatic carboxylic acids is 1. The van der Waals surface area contributed by atoms with Crippen LogP contribution in [0.1, 0.15) is 16.1 Å². The predicted molar refractivity (Wildman–Crippen MR) is 60.7 cm³/mol. The predicted octanol–water partition coefficient (Wildman–Crippen LogP) is 2.66. The van der Waals surface area contributed by atoms with Crippen molar-refractivity contribution in [1.82, 2.24) is 4.98 Å². The number of hydrogen-bond acceptors (Lipinski definition) is 2. The van der Waals surface area contributed by atoms with Crippen LogP contribution >= 0.6 is 12.4 Å². The molecule has 0 bridgehead atoms. The fourth-order valence-electron chi connectivity index (χ4n) is 1.44. The number of fused-ring (bicyclic) bond motifs is 1. The summed E-state index contributed by atoms with van der Waals surface area (Å²) in [6.45, 7) is 1.88. The van der Waals surface area contributed by atoms with Gasteiger partial charge in [0.15, 0.2) is 0 Å². The summed E-state index contributed by atoms with van der Waals surface area (Å²) in [6, 6.07) is 8.71. The number of nitrogens with zero attached hydrogens (tertiary/aromatic N) is 1. The molecule has 0 amide bonds. The number of aromatic nitrogens is 1. The van der Waals surface area contributed by atoms with Crippen LogP contribution in [0.25, 0.3) is 10.9 Å². The molecule has 0 aliphatic rings. The Bertz CT molecular complexity index is 511. The van der Waals surface area contributed by atoms with Gasteiger partial charge in [0.1, 0.15) is 0 Å². The van der Waals surface area contributed by atoms with E-state index in [0.717, 1.165) is 11.2 Å². The first-order chi connectivity index (χ1) is 6.68. The van der Waals surface area contributed by atoms with E-state index in [9.17, 15) is 4.79 Å². The van der Waals surface area contributed by atoms with Gasteiger partial charge in [-0.25, -0.2) is 4.79 Å². The molecule has 1 aromatic carbocycles. The SMILES string of the molecule is Cc1ccc2c(C(=O)O)cccc2n1.Cl. The second-order valence-electron chi connectivity index (χ2n) is 3.13. The standard InChI is InChI=1S/C11H9NO2.ClH/c1-7-5-6-8-9(11(13)14)3-2-4-10(8)12-7;/h2-6H,1H3,(H,13,14);1H. The number of carbonyl (C=O) groups is 1. The van der Waals surface area contributed by atoms with E-state index in [1.165, 1.54) is 0 Å². The summed E-state index contributed by atoms with van der Waals surface area (Å²) >= 11 is 0. The van der Waals surface area contributed by atoms with Gasteiger partial charge in [-0.1, -0.05) is 12.1 Å². The van der Waals surface area contributed by atoms with E-state index in [-0.39, 0.29) is 12.4 Å². The third-order valence-corrected chi connectivity index (χ3v) is 2.10. The van der Waals surface area contributed by atoms with Crippen molar-refractivity contribution in [2.75, 3.05) is 0 Å². The van der Waals surface area contributed by atoms with Gasteiger partial charge in [0.05, 0.1) is 11.1 Å². The van der Waals surface area contributed by atoms with Gasteiger partial charge in [-0.15, -0.1) is 12.4 Å². The zero-order valence-electron chi connectivity index (χ0n) is 8.10. The molecule has 0 spiro atoms. The molecular weight excluding hydrogens is 214 g/mol. The lowest BCUT2D eigenvalue weighted by Gasteiger charge is -2.01. The van der Waals surface area contributed by atoms with E-state index in [4.69, 9.17) is 5.11 Å². The van der Waals surface area contributed by atoms with Crippen LogP contribution < -0.4 is 0 Å². The molecule has 2 rings (SSSR count). The Kier molecular flexibility index (Phi) is 3.27. The van der Waals surface area contributed by atoms with Crippen LogP contribution in [-0.4, -0.2) is 16.1 Å². The lowest BCUT2D eigenvalue weighted by molar-refractivity contribution is 0.0699. The number of pyridine rings is 1. The molecule has 0 aliphatic carbocycles. The van der Waals surface area contributed by atoms with Gasteiger partial charge in [-0.05, 0) is 25.1 Å². The largest absolute Gasteiger partial charge is 0.478 e. The van der Waals surface area contributed by atoms with Crippen LogP contribution in [0.5, 0.6) is 0 Å². The Morgan fingerprint density at radius 1 is 1.27 bits per heavy atom. The van der Waals surface area contributed by atoms with Gasteiger partial charge in [-0.3, -0.25) is 4.98 Å². The van der Waals surface area contributed by atoms with Gasteiger partial charge in [0.25, 0.3) is 0 Å². The Labute approximate surface area is 93.2 Å². The number of halogens is 1. The Hall–Kier alpha value is -1.61. The van der Waals surface area contributed by atoms with Crippen molar-refractivity contribution in [3.8, 4) is 0 Å². The minimum atomic E-state index is -0.916. The van der Waals surface area contributed by atoms with Gasteiger partial charge >= 0.3 is 5.97 Å². The van der Waals surface area contributed by atoms with E-state index in [0.29, 0.717) is 10.9 Å². The second kappa shape index (κ2) is 4.28. The Morgan fingerprint density at radius 3 is 2.67 bits per heavy atom. The summed E-state index contributed by atoms with van der Waals surface area (Å²) in [4.78, 5) is 15.1. The summed E-state index contributed by atoms with van der Waals surface area (Å²) < 4.78 is 0. The van der Waals surface area contributed by atoms with E-state index >= 15 is 0 Å². The van der Waals surface area contributed by atoms with Crippen LogP contribution in [0.4, 0.5) is 0 Å². The first kappa shape index (κ1) is 11.5. The maximum atomic E-state index is 10.9. The zero-order chi connectivity index (χ0) is 10.1. The van der Waals surface area contributed by atoms with Crippen LogP contribution in [0, 0.1) is 6.92 Å². The summed E-state index contributed by atoms with van der Waals surface area (Å²) in [6.07, 6.45) is 0. The maximum absolute atomic E-state index is 10.9. The molecular formula is C11H10ClNO2. The molecule has 1 N–H and O–H groups in total. The number of hydrogen-bond donors (Lipinski definition) is 1. The highest BCUT2D eigenvalue weighted by molar-refractivity contribution is 6.02. The molecule has 78 valence electrons. The van der Waals surface area contributed by atoms with Crippen LogP contribution in [0.3, 0.4) is 0 Å². The fraction of sp³-hybridized carbons (Fsp3) is 0.0909. The summed E-state index contributed by atoms with van der Waals surface area (Å²) in [5, 5.41) is 9.61. The quantitative estimate of drug-likeness (QED) is 0.809. The molecule has 0 radical (unpaired) electrons. The third kappa shape index (κ3) is 2.07. The van der Waals surface area contributed by atoms with Crippen LogP contribution in [0.2, 0.25) is 0 Å². The molecule has 4 heteroatoms. The lowest BCUT2D eigenvalue weighted by Crippen LogP contribution is -1.97. The molecule has 1 aromatic heterocycles. The topological polar surface area (TPSA) is 50.2 Å². The van der Waals surface area contributed by atoms with E-state index in [2.05, 4.69) is 4.98 Å². The van der Waals surface area contributed by atoms with E-state index < -0.39 is 5.97 Å². The van der Waals surface area contributed by atoms with Crippen LogP contribution in [-0.2, 0) is 0 Å². The van der Waals surface area contributed by atoms with Gasteiger partial charge in [-0.2, -0.15) is 0 Å². The minimum absolute atomic E-state index is 0. The molecule has 1 heterocycles. The monoisotopic (exact) mass is 223 g/mol. The molecule has 0 saturated heterocycles. The Morgan fingerprint density at radius 2 is 2.00 bits per heavy atom. The zero-order valence-corrected chi connectivity index (χ0v) is 8.91. The molecule has 0 unspecified atom stereocenters. The molecule has 0 aliphatic heterocycles. The second-order valence-corrected chi connectivity index (χ2v) is 3.13. The molecule has 0 atom stereocenters. The van der Waals surface area contributed by atoms with Crippen molar-refractivity contribution in [3.05, 3.63) is 41.6 Å². The van der Waals surface area contributed by atoms with Crippen molar-refractivity contribution in [2.24, 2.45) is 0 Å². The van der Waals surface area contributed by atoms with Crippen molar-refractivity contribution in [3.63, 3.8) is 0 Å². The van der Waals surface area contributed by atoms with Gasteiger partial charge < -0.3 is 5.11 Å². The van der Waals surface area contributed by atoms with Crippen molar-refractivity contribution >= 4 is 29.3 Å². The van der Waals surface area contributed by atoms with E-state index in [1.807, 2.05) is 19.1 Å².